The normalized spacial score (nSPS) is 16.0. The summed E-state index contributed by atoms with van der Waals surface area (Å²) in [4.78, 5) is 36.7. The molecule has 1 heterocycles. The highest BCUT2D eigenvalue weighted by atomic mass is 35.5. The van der Waals surface area contributed by atoms with E-state index in [1.54, 1.807) is 42.5 Å². The molecule has 0 unspecified atom stereocenters. The molecule has 2 aromatic carbocycles. The van der Waals surface area contributed by atoms with Crippen LogP contribution in [0.2, 0.25) is 10.0 Å². The molecule has 3 amide bonds. The number of hydrogen-bond donors (Lipinski definition) is 3. The van der Waals surface area contributed by atoms with E-state index in [0.29, 0.717) is 21.3 Å². The number of nitrogens with one attached hydrogen (secondary N) is 3. The Morgan fingerprint density at radius 3 is 2.67 bits per heavy atom. The van der Waals surface area contributed by atoms with E-state index < -0.39 is 6.04 Å². The minimum atomic E-state index is -0.783. The number of carbonyl (C=O) groups excluding carboxylic acids is 3. The highest BCUT2D eigenvalue weighted by molar-refractivity contribution is 6.35. The standard InChI is InChI=1S/C19H17Cl2N3O3/c20-12-6-5-11(14(21)9-12)10-22-17(25)8-7-16-19(27)23-15-4-2-1-3-13(15)18(26)24-16/h1-6,9,16H,7-8,10H2,(H,22,25)(H,23,27)(H,24,26)/t16-/m0/s1. The Morgan fingerprint density at radius 1 is 1.11 bits per heavy atom. The Morgan fingerprint density at radius 2 is 1.89 bits per heavy atom. The predicted molar refractivity (Wildman–Crippen MR) is 104 cm³/mol. The summed E-state index contributed by atoms with van der Waals surface area (Å²) in [6, 6.07) is 11.0. The third-order valence-corrected chi connectivity index (χ3v) is 4.79. The van der Waals surface area contributed by atoms with E-state index in [2.05, 4.69) is 16.0 Å². The van der Waals surface area contributed by atoms with E-state index in [-0.39, 0.29) is 37.1 Å². The van der Waals surface area contributed by atoms with Crippen LogP contribution in [-0.2, 0) is 16.1 Å². The molecule has 140 valence electrons. The Kier molecular flexibility index (Phi) is 5.98. The Bertz CT molecular complexity index is 902. The molecular formula is C19H17Cl2N3O3. The fourth-order valence-electron chi connectivity index (χ4n) is 2.74. The van der Waals surface area contributed by atoms with Gasteiger partial charge in [-0.2, -0.15) is 0 Å². The third-order valence-electron chi connectivity index (χ3n) is 4.20. The molecule has 6 nitrogen and oxygen atoms in total. The van der Waals surface area contributed by atoms with Crippen molar-refractivity contribution >= 4 is 46.6 Å². The first-order valence-electron chi connectivity index (χ1n) is 8.35. The molecule has 27 heavy (non-hydrogen) atoms. The van der Waals surface area contributed by atoms with Crippen molar-refractivity contribution in [3.05, 3.63) is 63.6 Å². The number of benzene rings is 2. The van der Waals surface area contributed by atoms with Crippen molar-refractivity contribution in [2.75, 3.05) is 5.32 Å². The predicted octanol–water partition coefficient (Wildman–Crippen LogP) is 3.14. The smallest absolute Gasteiger partial charge is 0.254 e. The number of carbonyl (C=O) groups is 3. The number of anilines is 1. The van der Waals surface area contributed by atoms with E-state index in [4.69, 9.17) is 23.2 Å². The van der Waals surface area contributed by atoms with E-state index >= 15 is 0 Å². The Hall–Kier alpha value is -2.57. The lowest BCUT2D eigenvalue weighted by atomic mass is 10.1. The fraction of sp³-hybridized carbons (Fsp3) is 0.211. The van der Waals surface area contributed by atoms with Crippen LogP contribution in [0.4, 0.5) is 5.69 Å². The maximum absolute atomic E-state index is 12.3. The highest BCUT2D eigenvalue weighted by Crippen LogP contribution is 2.21. The van der Waals surface area contributed by atoms with Crippen molar-refractivity contribution in [3.63, 3.8) is 0 Å². The molecule has 0 aromatic heterocycles. The molecule has 8 heteroatoms. The molecule has 0 fully saturated rings. The second kappa shape index (κ2) is 8.41. The third kappa shape index (κ3) is 4.78. The lowest BCUT2D eigenvalue weighted by Crippen LogP contribution is -2.42. The van der Waals surface area contributed by atoms with Crippen LogP contribution in [0.5, 0.6) is 0 Å². The minimum absolute atomic E-state index is 0.0833. The van der Waals surface area contributed by atoms with E-state index in [1.807, 2.05) is 0 Å². The average molecular weight is 406 g/mol. The van der Waals surface area contributed by atoms with Crippen LogP contribution in [0.15, 0.2) is 42.5 Å². The maximum atomic E-state index is 12.3. The number of para-hydroxylation sites is 1. The molecule has 3 N–H and O–H groups in total. The summed E-state index contributed by atoms with van der Waals surface area (Å²) >= 11 is 11.9. The highest BCUT2D eigenvalue weighted by Gasteiger charge is 2.27. The molecular weight excluding hydrogens is 389 g/mol. The van der Waals surface area contributed by atoms with Gasteiger partial charge in [-0.25, -0.2) is 0 Å². The first kappa shape index (κ1) is 19.2. The van der Waals surface area contributed by atoms with Gasteiger partial charge in [0.15, 0.2) is 0 Å². The van der Waals surface area contributed by atoms with E-state index in [9.17, 15) is 14.4 Å². The van der Waals surface area contributed by atoms with Crippen LogP contribution in [0.1, 0.15) is 28.8 Å². The molecule has 1 atom stereocenters. The molecule has 1 aliphatic rings. The molecule has 1 aliphatic heterocycles. The zero-order valence-electron chi connectivity index (χ0n) is 14.2. The first-order chi connectivity index (χ1) is 12.9. The monoisotopic (exact) mass is 405 g/mol. The summed E-state index contributed by atoms with van der Waals surface area (Å²) in [5.41, 5.74) is 1.60. The molecule has 0 spiro atoms. The van der Waals surface area contributed by atoms with Gasteiger partial charge in [-0.05, 0) is 36.2 Å². The molecule has 0 bridgehead atoms. The van der Waals surface area contributed by atoms with Crippen LogP contribution in [0.25, 0.3) is 0 Å². The van der Waals surface area contributed by atoms with Crippen molar-refractivity contribution < 1.29 is 14.4 Å². The second-order valence-corrected chi connectivity index (χ2v) is 6.96. The van der Waals surface area contributed by atoms with Crippen molar-refractivity contribution in [2.24, 2.45) is 0 Å². The van der Waals surface area contributed by atoms with Gasteiger partial charge in [0.05, 0.1) is 11.3 Å². The SMILES string of the molecule is O=C(CC[C@@H]1NC(=O)c2ccccc2NC1=O)NCc1ccc(Cl)cc1Cl. The Labute approximate surface area is 166 Å². The van der Waals surface area contributed by atoms with Crippen molar-refractivity contribution in [1.29, 1.82) is 0 Å². The second-order valence-electron chi connectivity index (χ2n) is 6.11. The molecule has 0 saturated heterocycles. The van der Waals surface area contributed by atoms with Gasteiger partial charge < -0.3 is 16.0 Å². The molecule has 2 aromatic rings. The van der Waals surface area contributed by atoms with Gasteiger partial charge in [0.2, 0.25) is 11.8 Å². The maximum Gasteiger partial charge on any atom is 0.254 e. The zero-order chi connectivity index (χ0) is 19.4. The van der Waals surface area contributed by atoms with Crippen LogP contribution in [-0.4, -0.2) is 23.8 Å². The number of amides is 3. The van der Waals surface area contributed by atoms with Crippen LogP contribution >= 0.6 is 23.2 Å². The summed E-state index contributed by atoms with van der Waals surface area (Å²) in [6.45, 7) is 0.253. The molecule has 0 radical (unpaired) electrons. The minimum Gasteiger partial charge on any atom is -0.352 e. The van der Waals surface area contributed by atoms with Crippen molar-refractivity contribution in [1.82, 2.24) is 10.6 Å². The van der Waals surface area contributed by atoms with Gasteiger partial charge in [-0.1, -0.05) is 41.4 Å². The van der Waals surface area contributed by atoms with Crippen molar-refractivity contribution in [2.45, 2.75) is 25.4 Å². The number of halogens is 2. The summed E-state index contributed by atoms with van der Waals surface area (Å²) in [7, 11) is 0. The largest absolute Gasteiger partial charge is 0.352 e. The van der Waals surface area contributed by atoms with Crippen LogP contribution < -0.4 is 16.0 Å². The van der Waals surface area contributed by atoms with Gasteiger partial charge in [0.1, 0.15) is 6.04 Å². The topological polar surface area (TPSA) is 87.3 Å². The van der Waals surface area contributed by atoms with Gasteiger partial charge in [-0.15, -0.1) is 0 Å². The zero-order valence-corrected chi connectivity index (χ0v) is 15.7. The van der Waals surface area contributed by atoms with Gasteiger partial charge in [0.25, 0.3) is 5.91 Å². The lowest BCUT2D eigenvalue weighted by molar-refractivity contribution is -0.122. The van der Waals surface area contributed by atoms with Gasteiger partial charge in [0, 0.05) is 23.0 Å². The molecule has 0 aliphatic carbocycles. The number of rotatable bonds is 5. The Balaban J connectivity index is 1.54. The van der Waals surface area contributed by atoms with E-state index in [0.717, 1.165) is 5.56 Å². The average Bonchev–Trinajstić information content (AvgIpc) is 2.75. The lowest BCUT2D eigenvalue weighted by Gasteiger charge is -2.14. The summed E-state index contributed by atoms with van der Waals surface area (Å²) in [6.07, 6.45) is 0.270. The van der Waals surface area contributed by atoms with Gasteiger partial charge >= 0.3 is 0 Å². The van der Waals surface area contributed by atoms with Gasteiger partial charge in [-0.3, -0.25) is 14.4 Å². The van der Waals surface area contributed by atoms with Crippen LogP contribution in [0.3, 0.4) is 0 Å². The van der Waals surface area contributed by atoms with Crippen LogP contribution in [0, 0.1) is 0 Å². The first-order valence-corrected chi connectivity index (χ1v) is 9.11. The molecule has 0 saturated carbocycles. The van der Waals surface area contributed by atoms with E-state index in [1.165, 1.54) is 0 Å². The summed E-state index contributed by atoms with van der Waals surface area (Å²) < 4.78 is 0. The fourth-order valence-corrected chi connectivity index (χ4v) is 3.21. The summed E-state index contributed by atoms with van der Waals surface area (Å²) in [5.74, 6) is -0.936. The molecule has 3 rings (SSSR count). The number of hydrogen-bond acceptors (Lipinski definition) is 3. The number of fused-ring (bicyclic) bond motifs is 1. The quantitative estimate of drug-likeness (QED) is 0.713. The summed E-state index contributed by atoms with van der Waals surface area (Å²) in [5, 5.41) is 9.11. The van der Waals surface area contributed by atoms with Crippen molar-refractivity contribution in [3.8, 4) is 0 Å².